The van der Waals surface area contributed by atoms with Crippen molar-refractivity contribution in [1.82, 2.24) is 10.2 Å². The Labute approximate surface area is 255 Å². The number of carbonyl (C=O) groups excluding carboxylic acids is 2. The van der Waals surface area contributed by atoms with Gasteiger partial charge in [0.05, 0.1) is 15.5 Å². The third-order valence-corrected chi connectivity index (χ3v) is 8.90. The summed E-state index contributed by atoms with van der Waals surface area (Å²) < 4.78 is 28.5. The molecule has 0 saturated heterocycles. The number of nitrogens with zero attached hydrogens (tertiary/aromatic N) is 3. The summed E-state index contributed by atoms with van der Waals surface area (Å²) in [6.45, 7) is 3.39. The first-order valence-corrected chi connectivity index (χ1v) is 15.5. The highest BCUT2D eigenvalue weighted by Gasteiger charge is 2.34. The van der Waals surface area contributed by atoms with Crippen LogP contribution in [0.15, 0.2) is 77.7 Å². The Bertz CT molecular complexity index is 1500. The van der Waals surface area contributed by atoms with Crippen LogP contribution in [0.3, 0.4) is 0 Å². The van der Waals surface area contributed by atoms with Gasteiger partial charge in [-0.1, -0.05) is 67.7 Å². The third-order valence-electron chi connectivity index (χ3n) is 6.53. The highest BCUT2D eigenvalue weighted by molar-refractivity contribution is 7.92. The van der Waals surface area contributed by atoms with E-state index in [0.29, 0.717) is 17.1 Å². The van der Waals surface area contributed by atoms with Crippen molar-refractivity contribution in [3.05, 3.63) is 98.5 Å². The van der Waals surface area contributed by atoms with Crippen LogP contribution in [0.1, 0.15) is 38.7 Å². The third kappa shape index (κ3) is 8.21. The van der Waals surface area contributed by atoms with Gasteiger partial charge in [-0.3, -0.25) is 24.0 Å². The second-order valence-electron chi connectivity index (χ2n) is 9.42. The SMILES string of the molecule is CCCCNC(=O)[C@H](CC)N(Cc1ccc(Cl)cc1Cl)C(=O)CN(c1ccc([N+](=O)[O-])cc1)S(=O)(=O)c1ccccc1. The first-order chi connectivity index (χ1) is 20.0. The number of carbonyl (C=O) groups is 2. The summed E-state index contributed by atoms with van der Waals surface area (Å²) in [6, 6.07) is 16.2. The Balaban J connectivity index is 2.06. The molecule has 0 aromatic heterocycles. The minimum Gasteiger partial charge on any atom is -0.354 e. The van der Waals surface area contributed by atoms with E-state index in [1.54, 1.807) is 37.3 Å². The molecule has 0 fully saturated rings. The van der Waals surface area contributed by atoms with E-state index < -0.39 is 33.4 Å². The molecule has 13 heteroatoms. The molecule has 42 heavy (non-hydrogen) atoms. The van der Waals surface area contributed by atoms with Gasteiger partial charge in [0.2, 0.25) is 11.8 Å². The second kappa shape index (κ2) is 15.0. The van der Waals surface area contributed by atoms with Crippen LogP contribution in [0.2, 0.25) is 10.0 Å². The van der Waals surface area contributed by atoms with Crippen molar-refractivity contribution in [3.8, 4) is 0 Å². The minimum atomic E-state index is -4.30. The maximum absolute atomic E-state index is 14.1. The number of hydrogen-bond acceptors (Lipinski definition) is 6. The van der Waals surface area contributed by atoms with Crippen molar-refractivity contribution >= 4 is 56.4 Å². The van der Waals surface area contributed by atoms with Gasteiger partial charge in [-0.2, -0.15) is 0 Å². The van der Waals surface area contributed by atoms with Gasteiger partial charge < -0.3 is 10.2 Å². The normalized spacial score (nSPS) is 11.9. The molecule has 0 heterocycles. The summed E-state index contributed by atoms with van der Waals surface area (Å²) in [5, 5.41) is 14.7. The molecule has 3 aromatic carbocycles. The predicted octanol–water partition coefficient (Wildman–Crippen LogP) is 5.82. The van der Waals surface area contributed by atoms with Gasteiger partial charge >= 0.3 is 0 Å². The molecular formula is C29H32Cl2N4O6S. The molecule has 0 saturated carbocycles. The molecule has 224 valence electrons. The highest BCUT2D eigenvalue weighted by atomic mass is 35.5. The number of nitro groups is 1. The molecule has 0 spiro atoms. The lowest BCUT2D eigenvalue weighted by molar-refractivity contribution is -0.384. The number of unbranched alkanes of at least 4 members (excludes halogenated alkanes) is 1. The number of anilines is 1. The number of nitro benzene ring substituents is 1. The molecule has 0 aliphatic heterocycles. The van der Waals surface area contributed by atoms with Gasteiger partial charge in [0.1, 0.15) is 12.6 Å². The molecule has 0 aliphatic rings. The van der Waals surface area contributed by atoms with E-state index in [9.17, 15) is 28.1 Å². The predicted molar refractivity (Wildman–Crippen MR) is 163 cm³/mol. The van der Waals surface area contributed by atoms with Crippen molar-refractivity contribution < 1.29 is 22.9 Å². The fourth-order valence-corrected chi connectivity index (χ4v) is 6.15. The number of amides is 2. The maximum atomic E-state index is 14.1. The zero-order valence-corrected chi connectivity index (χ0v) is 25.5. The van der Waals surface area contributed by atoms with Crippen LogP contribution in [0, 0.1) is 10.1 Å². The van der Waals surface area contributed by atoms with E-state index in [0.717, 1.165) is 29.3 Å². The first kappa shape index (κ1) is 32.8. The van der Waals surface area contributed by atoms with Gasteiger partial charge in [0, 0.05) is 35.3 Å². The van der Waals surface area contributed by atoms with Gasteiger partial charge in [-0.05, 0) is 54.8 Å². The van der Waals surface area contributed by atoms with Crippen molar-refractivity contribution in [3.63, 3.8) is 0 Å². The number of non-ortho nitro benzene ring substituents is 1. The number of hydrogen-bond donors (Lipinski definition) is 1. The zero-order chi connectivity index (χ0) is 30.9. The summed E-state index contributed by atoms with van der Waals surface area (Å²) >= 11 is 12.5. The standard InChI is InChI=1S/C29H32Cl2N4O6S/c1-3-5-17-32-29(37)27(4-2)33(19-21-11-12-22(30)18-26(21)31)28(36)20-34(23-13-15-24(16-14-23)35(38)39)42(40,41)25-9-7-6-8-10-25/h6-16,18,27H,3-5,17,19-20H2,1-2H3,(H,32,37)/t27-/m0/s1. The average Bonchev–Trinajstić information content (AvgIpc) is 2.97. The highest BCUT2D eigenvalue weighted by Crippen LogP contribution is 2.28. The Morgan fingerprint density at radius 2 is 1.67 bits per heavy atom. The number of halogens is 2. The van der Waals surface area contributed by atoms with Crippen LogP contribution in [0.4, 0.5) is 11.4 Å². The van der Waals surface area contributed by atoms with Crippen LogP contribution in [0.25, 0.3) is 0 Å². The van der Waals surface area contributed by atoms with Crippen molar-refractivity contribution in [2.24, 2.45) is 0 Å². The van der Waals surface area contributed by atoms with Crippen LogP contribution in [-0.2, 0) is 26.2 Å². The van der Waals surface area contributed by atoms with Crippen molar-refractivity contribution in [2.75, 3.05) is 17.4 Å². The van der Waals surface area contributed by atoms with E-state index in [1.165, 1.54) is 35.2 Å². The summed E-state index contributed by atoms with van der Waals surface area (Å²) in [5.41, 5.74) is 0.320. The lowest BCUT2D eigenvalue weighted by atomic mass is 10.1. The van der Waals surface area contributed by atoms with Gasteiger partial charge in [-0.25, -0.2) is 8.42 Å². The Morgan fingerprint density at radius 3 is 2.24 bits per heavy atom. The number of benzene rings is 3. The number of rotatable bonds is 14. The van der Waals surface area contributed by atoms with Crippen LogP contribution in [-0.4, -0.2) is 49.2 Å². The van der Waals surface area contributed by atoms with Crippen LogP contribution in [0.5, 0.6) is 0 Å². The van der Waals surface area contributed by atoms with Gasteiger partial charge in [-0.15, -0.1) is 0 Å². The molecule has 10 nitrogen and oxygen atoms in total. The second-order valence-corrected chi connectivity index (χ2v) is 12.1. The van der Waals surface area contributed by atoms with E-state index >= 15 is 0 Å². The fourth-order valence-electron chi connectivity index (χ4n) is 4.25. The Morgan fingerprint density at radius 1 is 1.00 bits per heavy atom. The van der Waals surface area contributed by atoms with E-state index in [2.05, 4.69) is 5.32 Å². The molecule has 2 amide bonds. The van der Waals surface area contributed by atoms with Gasteiger partial charge in [0.15, 0.2) is 0 Å². The molecule has 0 radical (unpaired) electrons. The quantitative estimate of drug-likeness (QED) is 0.135. The van der Waals surface area contributed by atoms with Crippen LogP contribution >= 0.6 is 23.2 Å². The average molecular weight is 636 g/mol. The molecule has 0 aliphatic carbocycles. The summed E-state index contributed by atoms with van der Waals surface area (Å²) in [5.74, 6) is -1.05. The van der Waals surface area contributed by atoms with E-state index in [-0.39, 0.29) is 40.2 Å². The monoisotopic (exact) mass is 634 g/mol. The zero-order valence-electron chi connectivity index (χ0n) is 23.2. The smallest absolute Gasteiger partial charge is 0.269 e. The molecule has 0 unspecified atom stereocenters. The largest absolute Gasteiger partial charge is 0.354 e. The van der Waals surface area contributed by atoms with E-state index in [4.69, 9.17) is 23.2 Å². The maximum Gasteiger partial charge on any atom is 0.269 e. The molecule has 3 rings (SSSR count). The number of sulfonamides is 1. The molecule has 1 atom stereocenters. The summed E-state index contributed by atoms with van der Waals surface area (Å²) in [6.07, 6.45) is 1.86. The van der Waals surface area contributed by atoms with Crippen LogP contribution < -0.4 is 9.62 Å². The van der Waals surface area contributed by atoms with Crippen molar-refractivity contribution in [2.45, 2.75) is 50.6 Å². The van der Waals surface area contributed by atoms with Crippen molar-refractivity contribution in [1.29, 1.82) is 0 Å². The van der Waals surface area contributed by atoms with E-state index in [1.807, 2.05) is 6.92 Å². The topological polar surface area (TPSA) is 130 Å². The van der Waals surface area contributed by atoms with Gasteiger partial charge in [0.25, 0.3) is 15.7 Å². The molecular weight excluding hydrogens is 603 g/mol. The Hall–Kier alpha value is -3.67. The molecule has 0 bridgehead atoms. The lowest BCUT2D eigenvalue weighted by Crippen LogP contribution is -2.52. The first-order valence-electron chi connectivity index (χ1n) is 13.3. The summed E-state index contributed by atoms with van der Waals surface area (Å²) in [7, 11) is -4.30. The molecule has 1 N–H and O–H groups in total. The lowest BCUT2D eigenvalue weighted by Gasteiger charge is -2.33. The minimum absolute atomic E-state index is 0.0442. The molecule has 3 aromatic rings. The number of nitrogens with one attached hydrogen (secondary N) is 1. The summed E-state index contributed by atoms with van der Waals surface area (Å²) in [4.78, 5) is 39.1. The Kier molecular flexibility index (Phi) is 11.7. The fraction of sp³-hybridized carbons (Fsp3) is 0.310.